The molecular weight excluding hydrogens is 260 g/mol. The number of nitrogens with zero attached hydrogens (tertiary/aromatic N) is 1. The van der Waals surface area contributed by atoms with E-state index in [0.717, 1.165) is 5.75 Å². The molecule has 2 aromatic rings. The lowest BCUT2D eigenvalue weighted by atomic mass is 10.0. The smallest absolute Gasteiger partial charge is 0.219 e. The Labute approximate surface area is 118 Å². The Balaban J connectivity index is 2.23. The van der Waals surface area contributed by atoms with Gasteiger partial charge in [0.2, 0.25) is 5.88 Å². The molecule has 0 saturated heterocycles. The molecular formula is C15H17ClN2O. The third kappa shape index (κ3) is 3.46. The van der Waals surface area contributed by atoms with Crippen molar-refractivity contribution in [3.63, 3.8) is 0 Å². The number of aromatic nitrogens is 1. The van der Waals surface area contributed by atoms with Gasteiger partial charge in [0.1, 0.15) is 5.75 Å². The van der Waals surface area contributed by atoms with Gasteiger partial charge in [-0.25, -0.2) is 4.98 Å². The van der Waals surface area contributed by atoms with Crippen LogP contribution >= 0.6 is 11.6 Å². The van der Waals surface area contributed by atoms with Crippen molar-refractivity contribution >= 4 is 11.6 Å². The minimum atomic E-state index is 0.294. The van der Waals surface area contributed by atoms with Crippen LogP contribution in [0.5, 0.6) is 11.6 Å². The van der Waals surface area contributed by atoms with Crippen LogP contribution in [0.2, 0.25) is 5.02 Å². The molecule has 1 aromatic heterocycles. The molecule has 0 fully saturated rings. The molecule has 0 bridgehead atoms. The number of benzene rings is 1. The SMILES string of the molecule is CC(C)c1cccc(Oc2ccc(Cl)c(CN)n2)c1. The molecule has 0 amide bonds. The maximum atomic E-state index is 5.97. The van der Waals surface area contributed by atoms with Crippen molar-refractivity contribution in [1.82, 2.24) is 4.98 Å². The van der Waals surface area contributed by atoms with Gasteiger partial charge in [0, 0.05) is 12.6 Å². The Morgan fingerprint density at radius 2 is 2.05 bits per heavy atom. The molecule has 0 atom stereocenters. The Kier molecular flexibility index (Phi) is 4.40. The lowest BCUT2D eigenvalue weighted by molar-refractivity contribution is 0.460. The third-order valence-corrected chi connectivity index (χ3v) is 3.18. The van der Waals surface area contributed by atoms with Crippen LogP contribution in [0.3, 0.4) is 0 Å². The lowest BCUT2D eigenvalue weighted by Gasteiger charge is -2.10. The topological polar surface area (TPSA) is 48.1 Å². The maximum Gasteiger partial charge on any atom is 0.219 e. The lowest BCUT2D eigenvalue weighted by Crippen LogP contribution is -2.01. The minimum Gasteiger partial charge on any atom is -0.439 e. The van der Waals surface area contributed by atoms with Crippen molar-refractivity contribution in [2.45, 2.75) is 26.3 Å². The zero-order valence-corrected chi connectivity index (χ0v) is 11.8. The first-order valence-electron chi connectivity index (χ1n) is 6.23. The van der Waals surface area contributed by atoms with Gasteiger partial charge < -0.3 is 10.5 Å². The quantitative estimate of drug-likeness (QED) is 0.914. The summed E-state index contributed by atoms with van der Waals surface area (Å²) >= 11 is 5.97. The van der Waals surface area contributed by atoms with Gasteiger partial charge in [-0.3, -0.25) is 0 Å². The van der Waals surface area contributed by atoms with Crippen LogP contribution in [0, 0.1) is 0 Å². The number of nitrogens with two attached hydrogens (primary N) is 1. The predicted molar refractivity (Wildman–Crippen MR) is 77.7 cm³/mol. The van der Waals surface area contributed by atoms with Gasteiger partial charge in [-0.15, -0.1) is 0 Å². The second kappa shape index (κ2) is 6.04. The molecule has 0 spiro atoms. The molecule has 3 nitrogen and oxygen atoms in total. The Morgan fingerprint density at radius 3 is 2.74 bits per heavy atom. The van der Waals surface area contributed by atoms with E-state index >= 15 is 0 Å². The van der Waals surface area contributed by atoms with E-state index in [0.29, 0.717) is 29.1 Å². The van der Waals surface area contributed by atoms with Crippen LogP contribution < -0.4 is 10.5 Å². The van der Waals surface area contributed by atoms with Crippen molar-refractivity contribution in [3.8, 4) is 11.6 Å². The first-order chi connectivity index (χ1) is 9.10. The van der Waals surface area contributed by atoms with E-state index in [1.807, 2.05) is 18.2 Å². The highest BCUT2D eigenvalue weighted by Gasteiger charge is 2.06. The maximum absolute atomic E-state index is 5.97. The summed E-state index contributed by atoms with van der Waals surface area (Å²) in [5.41, 5.74) is 7.44. The highest BCUT2D eigenvalue weighted by atomic mass is 35.5. The van der Waals surface area contributed by atoms with Gasteiger partial charge in [0.05, 0.1) is 10.7 Å². The zero-order chi connectivity index (χ0) is 13.8. The molecule has 4 heteroatoms. The highest BCUT2D eigenvalue weighted by molar-refractivity contribution is 6.31. The van der Waals surface area contributed by atoms with E-state index in [9.17, 15) is 0 Å². The standard InChI is InChI=1S/C15H17ClN2O/c1-10(2)11-4-3-5-12(8-11)19-15-7-6-13(16)14(9-17)18-15/h3-8,10H,9,17H2,1-2H3. The number of halogens is 1. The molecule has 19 heavy (non-hydrogen) atoms. The third-order valence-electron chi connectivity index (χ3n) is 2.83. The summed E-state index contributed by atoms with van der Waals surface area (Å²) in [5.74, 6) is 1.73. The van der Waals surface area contributed by atoms with Crippen LogP contribution in [0.1, 0.15) is 31.0 Å². The number of hydrogen-bond donors (Lipinski definition) is 1. The van der Waals surface area contributed by atoms with Crippen LogP contribution in [-0.4, -0.2) is 4.98 Å². The minimum absolute atomic E-state index is 0.294. The summed E-state index contributed by atoms with van der Waals surface area (Å²) in [6.07, 6.45) is 0. The monoisotopic (exact) mass is 276 g/mol. The fraction of sp³-hybridized carbons (Fsp3) is 0.267. The molecule has 0 aliphatic rings. The van der Waals surface area contributed by atoms with Crippen molar-refractivity contribution in [2.24, 2.45) is 5.73 Å². The zero-order valence-electron chi connectivity index (χ0n) is 11.1. The number of hydrogen-bond acceptors (Lipinski definition) is 3. The summed E-state index contributed by atoms with van der Waals surface area (Å²) in [5, 5.41) is 0.561. The summed E-state index contributed by atoms with van der Waals surface area (Å²) in [7, 11) is 0. The second-order valence-electron chi connectivity index (χ2n) is 4.61. The molecule has 1 heterocycles. The van der Waals surface area contributed by atoms with Crippen LogP contribution in [0.25, 0.3) is 0 Å². The summed E-state index contributed by atoms with van der Waals surface area (Å²) < 4.78 is 5.74. The van der Waals surface area contributed by atoms with E-state index in [-0.39, 0.29) is 0 Å². The van der Waals surface area contributed by atoms with E-state index in [2.05, 4.69) is 24.9 Å². The highest BCUT2D eigenvalue weighted by Crippen LogP contribution is 2.25. The molecule has 2 N–H and O–H groups in total. The van der Waals surface area contributed by atoms with Crippen LogP contribution in [-0.2, 0) is 6.54 Å². The van der Waals surface area contributed by atoms with Gasteiger partial charge in [-0.2, -0.15) is 0 Å². The van der Waals surface area contributed by atoms with Gasteiger partial charge in [-0.1, -0.05) is 37.6 Å². The van der Waals surface area contributed by atoms with Crippen molar-refractivity contribution in [1.29, 1.82) is 0 Å². The van der Waals surface area contributed by atoms with E-state index in [4.69, 9.17) is 22.1 Å². The van der Waals surface area contributed by atoms with Crippen molar-refractivity contribution in [2.75, 3.05) is 0 Å². The summed E-state index contributed by atoms with van der Waals surface area (Å²) in [6, 6.07) is 11.5. The molecule has 0 aliphatic carbocycles. The molecule has 0 radical (unpaired) electrons. The number of ether oxygens (including phenoxy) is 1. The van der Waals surface area contributed by atoms with Gasteiger partial charge in [0.15, 0.2) is 0 Å². The van der Waals surface area contributed by atoms with Gasteiger partial charge in [0.25, 0.3) is 0 Å². The van der Waals surface area contributed by atoms with Crippen LogP contribution in [0.4, 0.5) is 0 Å². The Hall–Kier alpha value is -1.58. The molecule has 0 unspecified atom stereocenters. The average Bonchev–Trinajstić information content (AvgIpc) is 2.41. The molecule has 0 saturated carbocycles. The fourth-order valence-corrected chi connectivity index (χ4v) is 1.90. The van der Waals surface area contributed by atoms with Crippen molar-refractivity contribution in [3.05, 3.63) is 52.7 Å². The average molecular weight is 277 g/mol. The summed E-state index contributed by atoms with van der Waals surface area (Å²) in [6.45, 7) is 4.58. The Morgan fingerprint density at radius 1 is 1.26 bits per heavy atom. The number of pyridine rings is 1. The van der Waals surface area contributed by atoms with Gasteiger partial charge >= 0.3 is 0 Å². The van der Waals surface area contributed by atoms with E-state index < -0.39 is 0 Å². The largest absolute Gasteiger partial charge is 0.439 e. The number of rotatable bonds is 4. The van der Waals surface area contributed by atoms with E-state index in [1.54, 1.807) is 12.1 Å². The second-order valence-corrected chi connectivity index (χ2v) is 5.02. The molecule has 2 rings (SSSR count). The van der Waals surface area contributed by atoms with Gasteiger partial charge in [-0.05, 0) is 29.7 Å². The van der Waals surface area contributed by atoms with E-state index in [1.165, 1.54) is 5.56 Å². The fourth-order valence-electron chi connectivity index (χ4n) is 1.72. The predicted octanol–water partition coefficient (Wildman–Crippen LogP) is 4.11. The van der Waals surface area contributed by atoms with Crippen molar-refractivity contribution < 1.29 is 4.74 Å². The van der Waals surface area contributed by atoms with Crippen LogP contribution in [0.15, 0.2) is 36.4 Å². The molecule has 1 aromatic carbocycles. The molecule has 0 aliphatic heterocycles. The summed E-state index contributed by atoms with van der Waals surface area (Å²) in [4.78, 5) is 4.28. The normalized spacial score (nSPS) is 10.8. The first-order valence-corrected chi connectivity index (χ1v) is 6.61. The first kappa shape index (κ1) is 13.8. The molecule has 100 valence electrons. The Bertz CT molecular complexity index is 570.